The maximum atomic E-state index is 6.76. The molecule has 0 aliphatic rings. The third-order valence-electron chi connectivity index (χ3n) is 6.43. The van der Waals surface area contributed by atoms with Crippen LogP contribution in [0.5, 0.6) is 0 Å². The van der Waals surface area contributed by atoms with Crippen LogP contribution >= 0.6 is 23.2 Å². The molecular formula is C31H26Cl2N2. The average molecular weight is 497 g/mol. The molecule has 2 nitrogen and oxygen atoms in total. The van der Waals surface area contributed by atoms with E-state index in [0.717, 1.165) is 70.9 Å². The molecule has 0 saturated heterocycles. The molecule has 0 aliphatic carbocycles. The Labute approximate surface area is 214 Å². The van der Waals surface area contributed by atoms with Gasteiger partial charge in [0, 0.05) is 53.8 Å². The topological polar surface area (TPSA) is 31.6 Å². The quantitative estimate of drug-likeness (QED) is 0.226. The number of benzene rings is 3. The Kier molecular flexibility index (Phi) is 6.19. The van der Waals surface area contributed by atoms with Crippen molar-refractivity contribution in [3.63, 3.8) is 0 Å². The van der Waals surface area contributed by atoms with Crippen LogP contribution in [-0.4, -0.2) is 9.97 Å². The van der Waals surface area contributed by atoms with E-state index in [0.29, 0.717) is 5.03 Å². The summed E-state index contributed by atoms with van der Waals surface area (Å²) in [5, 5.41) is 5.94. The molecule has 174 valence electrons. The number of aromatic nitrogens is 2. The van der Waals surface area contributed by atoms with Crippen LogP contribution in [0.2, 0.25) is 0 Å². The lowest BCUT2D eigenvalue weighted by Gasteiger charge is -2.15. The van der Waals surface area contributed by atoms with Crippen molar-refractivity contribution in [2.45, 2.75) is 20.8 Å². The van der Waals surface area contributed by atoms with Gasteiger partial charge in [0.1, 0.15) is 0 Å². The fourth-order valence-electron chi connectivity index (χ4n) is 5.04. The number of H-pyrrole nitrogens is 2. The highest BCUT2D eigenvalue weighted by Gasteiger charge is 2.25. The molecule has 0 atom stereocenters. The van der Waals surface area contributed by atoms with Gasteiger partial charge in [0.25, 0.3) is 0 Å². The second-order valence-electron chi connectivity index (χ2n) is 8.58. The summed E-state index contributed by atoms with van der Waals surface area (Å²) < 4.78 is 0. The van der Waals surface area contributed by atoms with Crippen molar-refractivity contribution in [2.75, 3.05) is 0 Å². The highest BCUT2D eigenvalue weighted by molar-refractivity contribution is 6.37. The van der Waals surface area contributed by atoms with Crippen molar-refractivity contribution in [3.8, 4) is 0 Å². The minimum Gasteiger partial charge on any atom is -0.354 e. The van der Waals surface area contributed by atoms with Gasteiger partial charge in [-0.25, -0.2) is 0 Å². The Balaban J connectivity index is 2.18. The summed E-state index contributed by atoms with van der Waals surface area (Å²) in [7, 11) is 0. The van der Waals surface area contributed by atoms with E-state index >= 15 is 0 Å². The first-order valence-electron chi connectivity index (χ1n) is 11.6. The number of hydrogen-bond donors (Lipinski definition) is 2. The normalized spacial score (nSPS) is 14.1. The molecular weight excluding hydrogens is 471 g/mol. The van der Waals surface area contributed by atoms with E-state index in [1.54, 1.807) is 6.08 Å². The maximum absolute atomic E-state index is 6.76. The zero-order chi connectivity index (χ0) is 24.7. The molecule has 2 aromatic heterocycles. The highest BCUT2D eigenvalue weighted by Crippen LogP contribution is 2.47. The van der Waals surface area contributed by atoms with E-state index < -0.39 is 0 Å². The Hall–Kier alpha value is -3.46. The maximum Gasteiger partial charge on any atom is 0.0559 e. The Morgan fingerprint density at radius 1 is 0.743 bits per heavy atom. The molecule has 0 radical (unpaired) electrons. The minimum atomic E-state index is 0.708. The molecule has 5 rings (SSSR count). The molecule has 2 heterocycles. The highest BCUT2D eigenvalue weighted by atomic mass is 35.5. The van der Waals surface area contributed by atoms with Gasteiger partial charge in [0.15, 0.2) is 0 Å². The zero-order valence-corrected chi connectivity index (χ0v) is 21.5. The Bertz CT molecular complexity index is 1740. The summed E-state index contributed by atoms with van der Waals surface area (Å²) in [5.41, 5.74) is 8.27. The minimum absolute atomic E-state index is 0.708. The van der Waals surface area contributed by atoms with E-state index in [4.69, 9.17) is 23.2 Å². The largest absolute Gasteiger partial charge is 0.354 e. The first-order chi connectivity index (χ1) is 17.0. The molecule has 4 heteroatoms. The monoisotopic (exact) mass is 496 g/mol. The molecule has 0 unspecified atom stereocenters. The number of hydrogen-bond acceptors (Lipinski definition) is 0. The van der Waals surface area contributed by atoms with Gasteiger partial charge >= 0.3 is 0 Å². The SMILES string of the molecule is C=C/C=C\C(=C(/C)Cl)c1c2[nH]c3ccccc3c2c(C(/C=C\C)=C(/C)Cl)c2[nH]c3ccccc3c12. The van der Waals surface area contributed by atoms with E-state index in [1.165, 1.54) is 0 Å². The first kappa shape index (κ1) is 23.3. The number of halogens is 2. The van der Waals surface area contributed by atoms with Crippen LogP contribution in [0.1, 0.15) is 31.9 Å². The van der Waals surface area contributed by atoms with E-state index in [2.05, 4.69) is 71.2 Å². The fourth-order valence-corrected chi connectivity index (χ4v) is 5.35. The van der Waals surface area contributed by atoms with E-state index in [1.807, 2.05) is 39.0 Å². The molecule has 0 aliphatic heterocycles. The van der Waals surface area contributed by atoms with Crippen molar-refractivity contribution >= 4 is 78.0 Å². The van der Waals surface area contributed by atoms with Gasteiger partial charge in [-0.3, -0.25) is 0 Å². The van der Waals surface area contributed by atoms with Crippen LogP contribution in [0.15, 0.2) is 95.6 Å². The van der Waals surface area contributed by atoms with Gasteiger partial charge in [-0.2, -0.15) is 0 Å². The third-order valence-corrected chi connectivity index (χ3v) is 6.83. The standard InChI is InChI=1S/C31H26Cl2N2/c1-5-7-13-21(19(4)33)27-29-23-15-9-11-17-25(23)34-30(29)26(20(12-6-2)18(3)32)28-22-14-8-10-16-24(22)35-31(27)28/h5-17,34-35H,1H2,2-4H3/b12-6-,13-7-,20-18-,21-19-. The molecule has 2 N–H and O–H groups in total. The van der Waals surface area contributed by atoms with Crippen molar-refractivity contribution in [2.24, 2.45) is 0 Å². The lowest BCUT2D eigenvalue weighted by molar-refractivity contribution is 1.50. The fraction of sp³-hybridized carbons (Fsp3) is 0.0968. The Morgan fingerprint density at radius 2 is 1.20 bits per heavy atom. The third kappa shape index (κ3) is 3.74. The molecule has 5 aromatic rings. The zero-order valence-electron chi connectivity index (χ0n) is 20.0. The molecule has 0 amide bonds. The number of rotatable bonds is 5. The predicted molar refractivity (Wildman–Crippen MR) is 156 cm³/mol. The van der Waals surface area contributed by atoms with E-state index in [9.17, 15) is 0 Å². The summed E-state index contributed by atoms with van der Waals surface area (Å²) in [4.78, 5) is 7.45. The lowest BCUT2D eigenvalue weighted by atomic mass is 9.89. The summed E-state index contributed by atoms with van der Waals surface area (Å²) in [5.74, 6) is 0. The van der Waals surface area contributed by atoms with Crippen LogP contribution < -0.4 is 0 Å². The second-order valence-corrected chi connectivity index (χ2v) is 9.71. The van der Waals surface area contributed by atoms with Crippen molar-refractivity contribution in [3.05, 3.63) is 107 Å². The predicted octanol–water partition coefficient (Wildman–Crippen LogP) is 10.2. The average Bonchev–Trinajstić information content (AvgIpc) is 3.41. The Morgan fingerprint density at radius 3 is 1.63 bits per heavy atom. The molecule has 0 bridgehead atoms. The smallest absolute Gasteiger partial charge is 0.0559 e. The number of nitrogens with one attached hydrogen (secondary N) is 2. The second kappa shape index (κ2) is 9.30. The van der Waals surface area contributed by atoms with Crippen molar-refractivity contribution in [1.29, 1.82) is 0 Å². The first-order valence-corrected chi connectivity index (χ1v) is 12.4. The van der Waals surface area contributed by atoms with E-state index in [-0.39, 0.29) is 0 Å². The molecule has 0 fully saturated rings. The summed E-state index contributed by atoms with van der Waals surface area (Å²) >= 11 is 13.5. The van der Waals surface area contributed by atoms with Crippen LogP contribution in [-0.2, 0) is 0 Å². The number of allylic oxidation sites excluding steroid dienone is 9. The number of fused-ring (bicyclic) bond motifs is 6. The van der Waals surface area contributed by atoms with Crippen molar-refractivity contribution in [1.82, 2.24) is 9.97 Å². The van der Waals surface area contributed by atoms with Crippen LogP contribution in [0, 0.1) is 0 Å². The summed E-state index contributed by atoms with van der Waals surface area (Å²) in [6.45, 7) is 9.76. The number of para-hydroxylation sites is 2. The van der Waals surface area contributed by atoms with Gasteiger partial charge in [-0.05, 0) is 44.1 Å². The summed E-state index contributed by atoms with van der Waals surface area (Å²) in [6, 6.07) is 16.8. The van der Waals surface area contributed by atoms with Gasteiger partial charge in [-0.15, -0.1) is 0 Å². The number of aromatic amines is 2. The van der Waals surface area contributed by atoms with Crippen molar-refractivity contribution < 1.29 is 0 Å². The molecule has 3 aromatic carbocycles. The molecule has 35 heavy (non-hydrogen) atoms. The summed E-state index contributed by atoms with van der Waals surface area (Å²) in [6.07, 6.45) is 9.85. The van der Waals surface area contributed by atoms with Crippen LogP contribution in [0.4, 0.5) is 0 Å². The lowest BCUT2D eigenvalue weighted by Crippen LogP contribution is -1.95. The van der Waals surface area contributed by atoms with Gasteiger partial charge < -0.3 is 9.97 Å². The molecule has 0 spiro atoms. The van der Waals surface area contributed by atoms with Crippen LogP contribution in [0.25, 0.3) is 54.8 Å². The van der Waals surface area contributed by atoms with Crippen LogP contribution in [0.3, 0.4) is 0 Å². The van der Waals surface area contributed by atoms with Gasteiger partial charge in [0.05, 0.1) is 11.0 Å². The van der Waals surface area contributed by atoms with Gasteiger partial charge in [0.2, 0.25) is 0 Å². The van der Waals surface area contributed by atoms with Gasteiger partial charge in [-0.1, -0.05) is 96.6 Å². The molecule has 0 saturated carbocycles.